The summed E-state index contributed by atoms with van der Waals surface area (Å²) in [6.45, 7) is 4.76. The van der Waals surface area contributed by atoms with Gasteiger partial charge in [0.25, 0.3) is 5.91 Å². The van der Waals surface area contributed by atoms with Crippen LogP contribution in [0, 0.1) is 13.8 Å². The second-order valence-corrected chi connectivity index (χ2v) is 6.82. The van der Waals surface area contributed by atoms with E-state index in [9.17, 15) is 4.79 Å². The molecule has 1 aliphatic rings. The molecular weight excluding hydrogens is 324 g/mol. The molecule has 26 heavy (non-hydrogen) atoms. The van der Waals surface area contributed by atoms with Gasteiger partial charge in [0.05, 0.1) is 0 Å². The molecular formula is C21H26N4O. The minimum Gasteiger partial charge on any atom is -0.354 e. The maximum absolute atomic E-state index is 12.5. The lowest BCUT2D eigenvalue weighted by Gasteiger charge is -2.13. The Labute approximate surface area is 155 Å². The van der Waals surface area contributed by atoms with Crippen LogP contribution >= 0.6 is 0 Å². The van der Waals surface area contributed by atoms with Gasteiger partial charge in [-0.1, -0.05) is 23.8 Å². The standard InChI is InChI=1S/C21H26N4O/c1-15-8-9-16(2)19(14-15)24-20(26)18-11-13-23-21(25-18)22-12-10-17-6-4-3-5-7-17/h6,8-9,11,13-14H,3-5,7,10,12H2,1-2H3,(H,24,26)(H,22,23,25). The van der Waals surface area contributed by atoms with Gasteiger partial charge in [-0.05, 0) is 69.2 Å². The molecule has 0 radical (unpaired) electrons. The molecule has 0 saturated heterocycles. The van der Waals surface area contributed by atoms with Crippen molar-refractivity contribution in [3.05, 3.63) is 58.9 Å². The van der Waals surface area contributed by atoms with E-state index in [1.807, 2.05) is 32.0 Å². The van der Waals surface area contributed by atoms with E-state index in [-0.39, 0.29) is 5.91 Å². The number of benzene rings is 1. The third-order valence-electron chi connectivity index (χ3n) is 4.64. The number of nitrogens with zero attached hydrogens (tertiary/aromatic N) is 2. The number of carbonyl (C=O) groups excluding carboxylic acids is 1. The average Bonchev–Trinajstić information content (AvgIpc) is 2.66. The predicted molar refractivity (Wildman–Crippen MR) is 106 cm³/mol. The molecule has 0 spiro atoms. The molecule has 1 aromatic carbocycles. The maximum Gasteiger partial charge on any atom is 0.274 e. The number of anilines is 2. The summed E-state index contributed by atoms with van der Waals surface area (Å²) in [5, 5.41) is 6.16. The Morgan fingerprint density at radius 1 is 1.19 bits per heavy atom. The molecule has 0 unspecified atom stereocenters. The van der Waals surface area contributed by atoms with Crippen molar-refractivity contribution >= 4 is 17.5 Å². The fourth-order valence-electron chi connectivity index (χ4n) is 3.09. The Morgan fingerprint density at radius 2 is 2.08 bits per heavy atom. The molecule has 1 aromatic heterocycles. The van der Waals surface area contributed by atoms with Crippen molar-refractivity contribution in [1.29, 1.82) is 0 Å². The Bertz CT molecular complexity index is 813. The molecule has 1 aliphatic carbocycles. The molecule has 1 amide bonds. The summed E-state index contributed by atoms with van der Waals surface area (Å²) < 4.78 is 0. The van der Waals surface area contributed by atoms with E-state index in [2.05, 4.69) is 26.7 Å². The molecule has 3 rings (SSSR count). The minimum atomic E-state index is -0.223. The Hall–Kier alpha value is -2.69. The quantitative estimate of drug-likeness (QED) is 0.744. The van der Waals surface area contributed by atoms with Crippen molar-refractivity contribution in [3.63, 3.8) is 0 Å². The lowest BCUT2D eigenvalue weighted by atomic mass is 9.97. The lowest BCUT2D eigenvalue weighted by Crippen LogP contribution is -2.16. The van der Waals surface area contributed by atoms with Crippen LogP contribution in [0.3, 0.4) is 0 Å². The van der Waals surface area contributed by atoms with Gasteiger partial charge in [0.2, 0.25) is 5.95 Å². The predicted octanol–water partition coefficient (Wildman–Crippen LogP) is 4.65. The summed E-state index contributed by atoms with van der Waals surface area (Å²) in [4.78, 5) is 21.1. The zero-order valence-corrected chi connectivity index (χ0v) is 15.5. The Kier molecular flexibility index (Phi) is 6.00. The minimum absolute atomic E-state index is 0.223. The van der Waals surface area contributed by atoms with Crippen molar-refractivity contribution in [2.45, 2.75) is 46.0 Å². The number of carbonyl (C=O) groups is 1. The van der Waals surface area contributed by atoms with Crippen molar-refractivity contribution in [2.75, 3.05) is 17.2 Å². The van der Waals surface area contributed by atoms with E-state index in [4.69, 9.17) is 0 Å². The van der Waals surface area contributed by atoms with Crippen LogP contribution in [0.15, 0.2) is 42.1 Å². The van der Waals surface area contributed by atoms with Crippen LogP contribution in [0.1, 0.15) is 53.7 Å². The third-order valence-corrected chi connectivity index (χ3v) is 4.64. The van der Waals surface area contributed by atoms with Crippen molar-refractivity contribution < 1.29 is 4.79 Å². The highest BCUT2D eigenvalue weighted by atomic mass is 16.1. The van der Waals surface area contributed by atoms with Crippen LogP contribution in [0.25, 0.3) is 0 Å². The summed E-state index contributed by atoms with van der Waals surface area (Å²) in [5.74, 6) is 0.272. The van der Waals surface area contributed by atoms with E-state index < -0.39 is 0 Å². The summed E-state index contributed by atoms with van der Waals surface area (Å²) >= 11 is 0. The number of hydrogen-bond donors (Lipinski definition) is 2. The molecule has 2 N–H and O–H groups in total. The zero-order valence-electron chi connectivity index (χ0n) is 15.5. The topological polar surface area (TPSA) is 66.9 Å². The van der Waals surface area contributed by atoms with Crippen LogP contribution in [0.4, 0.5) is 11.6 Å². The van der Waals surface area contributed by atoms with E-state index in [0.717, 1.165) is 29.8 Å². The van der Waals surface area contributed by atoms with Gasteiger partial charge in [0.1, 0.15) is 5.69 Å². The van der Waals surface area contributed by atoms with Crippen LogP contribution in [-0.2, 0) is 0 Å². The van der Waals surface area contributed by atoms with E-state index in [1.165, 1.54) is 31.3 Å². The molecule has 0 fully saturated rings. The number of hydrogen-bond acceptors (Lipinski definition) is 4. The van der Waals surface area contributed by atoms with Crippen LogP contribution in [-0.4, -0.2) is 22.4 Å². The molecule has 5 heteroatoms. The first kappa shape index (κ1) is 18.1. The van der Waals surface area contributed by atoms with Gasteiger partial charge < -0.3 is 10.6 Å². The van der Waals surface area contributed by atoms with Crippen molar-refractivity contribution in [1.82, 2.24) is 9.97 Å². The summed E-state index contributed by atoms with van der Waals surface area (Å²) in [7, 11) is 0. The van der Waals surface area contributed by atoms with Gasteiger partial charge in [0.15, 0.2) is 0 Å². The van der Waals surface area contributed by atoms with Gasteiger partial charge in [-0.25, -0.2) is 9.97 Å². The second kappa shape index (κ2) is 8.61. The molecule has 2 aromatic rings. The molecule has 0 bridgehead atoms. The highest BCUT2D eigenvalue weighted by Gasteiger charge is 2.11. The van der Waals surface area contributed by atoms with Crippen molar-refractivity contribution in [3.8, 4) is 0 Å². The number of aryl methyl sites for hydroxylation is 2. The molecule has 0 aliphatic heterocycles. The van der Waals surface area contributed by atoms with Gasteiger partial charge in [-0.2, -0.15) is 0 Å². The highest BCUT2D eigenvalue weighted by Crippen LogP contribution is 2.20. The van der Waals surface area contributed by atoms with Gasteiger partial charge >= 0.3 is 0 Å². The van der Waals surface area contributed by atoms with Gasteiger partial charge in [0, 0.05) is 18.4 Å². The average molecular weight is 350 g/mol. The lowest BCUT2D eigenvalue weighted by molar-refractivity contribution is 0.102. The summed E-state index contributed by atoms with van der Waals surface area (Å²) in [6.07, 6.45) is 9.95. The zero-order chi connectivity index (χ0) is 18.4. The number of nitrogens with one attached hydrogen (secondary N) is 2. The first-order chi connectivity index (χ1) is 12.6. The SMILES string of the molecule is Cc1ccc(C)c(NC(=O)c2ccnc(NCCC3=CCCCC3)n2)c1. The monoisotopic (exact) mass is 350 g/mol. The second-order valence-electron chi connectivity index (χ2n) is 6.82. The Morgan fingerprint density at radius 3 is 2.88 bits per heavy atom. The Balaban J connectivity index is 1.60. The number of rotatable bonds is 6. The largest absolute Gasteiger partial charge is 0.354 e. The summed E-state index contributed by atoms with van der Waals surface area (Å²) in [5.41, 5.74) is 4.81. The molecule has 1 heterocycles. The fourth-order valence-corrected chi connectivity index (χ4v) is 3.09. The third kappa shape index (κ3) is 4.91. The van der Waals surface area contributed by atoms with Gasteiger partial charge in [-0.15, -0.1) is 0 Å². The molecule has 0 atom stereocenters. The number of allylic oxidation sites excluding steroid dienone is 1. The first-order valence-electron chi connectivity index (χ1n) is 9.25. The van der Waals surface area contributed by atoms with Crippen molar-refractivity contribution in [2.24, 2.45) is 0 Å². The first-order valence-corrected chi connectivity index (χ1v) is 9.25. The van der Waals surface area contributed by atoms with Gasteiger partial charge in [-0.3, -0.25) is 4.79 Å². The van der Waals surface area contributed by atoms with Crippen LogP contribution < -0.4 is 10.6 Å². The number of aromatic nitrogens is 2. The molecule has 0 saturated carbocycles. The van der Waals surface area contributed by atoms with E-state index in [0.29, 0.717) is 11.6 Å². The number of amides is 1. The smallest absolute Gasteiger partial charge is 0.274 e. The molecule has 136 valence electrons. The fraction of sp³-hybridized carbons (Fsp3) is 0.381. The van der Waals surface area contributed by atoms with E-state index >= 15 is 0 Å². The summed E-state index contributed by atoms with van der Waals surface area (Å²) in [6, 6.07) is 7.62. The van der Waals surface area contributed by atoms with E-state index in [1.54, 1.807) is 12.3 Å². The van der Waals surface area contributed by atoms with Crippen LogP contribution in [0.2, 0.25) is 0 Å². The van der Waals surface area contributed by atoms with Crippen LogP contribution in [0.5, 0.6) is 0 Å². The molecule has 5 nitrogen and oxygen atoms in total. The highest BCUT2D eigenvalue weighted by molar-refractivity contribution is 6.03. The normalized spacial score (nSPS) is 13.8. The maximum atomic E-state index is 12.5.